The number of amides is 1. The third kappa shape index (κ3) is 5.71. The molecule has 0 fully saturated rings. The second-order valence-electron chi connectivity index (χ2n) is 8.49. The number of carbonyl (C=O) groups excluding carboxylic acids is 2. The van der Waals surface area contributed by atoms with Crippen LogP contribution in [0.2, 0.25) is 0 Å². The zero-order valence-electron chi connectivity index (χ0n) is 21.0. The molecule has 0 bridgehead atoms. The van der Waals surface area contributed by atoms with E-state index in [9.17, 15) is 9.59 Å². The molecule has 186 valence electrons. The average Bonchev–Trinajstić information content (AvgIpc) is 3.17. The van der Waals surface area contributed by atoms with Gasteiger partial charge >= 0.3 is 5.97 Å². The molecule has 2 heterocycles. The fourth-order valence-electron chi connectivity index (χ4n) is 4.00. The van der Waals surface area contributed by atoms with Crippen molar-refractivity contribution in [3.63, 3.8) is 0 Å². The SMILES string of the molecule is CCOC(=O)CCC(=O)Nc1cc2nc(C)n(Cc3ccc(-c4ccc(OC)cc4)cc3)c2nc1C. The summed E-state index contributed by atoms with van der Waals surface area (Å²) in [5.74, 6) is 1.02. The molecule has 0 saturated carbocycles. The maximum atomic E-state index is 12.3. The zero-order chi connectivity index (χ0) is 25.7. The van der Waals surface area contributed by atoms with Crippen molar-refractivity contribution in [1.82, 2.24) is 14.5 Å². The molecule has 1 amide bonds. The maximum absolute atomic E-state index is 12.3. The molecule has 4 rings (SSSR count). The van der Waals surface area contributed by atoms with Crippen LogP contribution in [-0.4, -0.2) is 40.1 Å². The van der Waals surface area contributed by atoms with Gasteiger partial charge in [0.1, 0.15) is 17.1 Å². The lowest BCUT2D eigenvalue weighted by molar-refractivity contribution is -0.144. The van der Waals surface area contributed by atoms with E-state index in [4.69, 9.17) is 14.5 Å². The predicted molar refractivity (Wildman–Crippen MR) is 139 cm³/mol. The summed E-state index contributed by atoms with van der Waals surface area (Å²) in [6.07, 6.45) is 0.0929. The van der Waals surface area contributed by atoms with Gasteiger partial charge in [-0.05, 0) is 55.7 Å². The number of imidazole rings is 1. The van der Waals surface area contributed by atoms with Crippen molar-refractivity contribution < 1.29 is 19.1 Å². The van der Waals surface area contributed by atoms with Crippen LogP contribution in [0.15, 0.2) is 54.6 Å². The summed E-state index contributed by atoms with van der Waals surface area (Å²) in [7, 11) is 1.66. The number of aromatic nitrogens is 3. The number of methoxy groups -OCH3 is 1. The molecule has 0 saturated heterocycles. The molecule has 1 N–H and O–H groups in total. The Bertz CT molecular complexity index is 1380. The number of benzene rings is 2. The van der Waals surface area contributed by atoms with Gasteiger partial charge in [-0.1, -0.05) is 36.4 Å². The highest BCUT2D eigenvalue weighted by Gasteiger charge is 2.15. The topological polar surface area (TPSA) is 95.3 Å². The first-order valence-corrected chi connectivity index (χ1v) is 11.9. The summed E-state index contributed by atoms with van der Waals surface area (Å²) >= 11 is 0. The minimum atomic E-state index is -0.385. The fraction of sp³-hybridized carbons (Fsp3) is 0.286. The Labute approximate surface area is 210 Å². The fourth-order valence-corrected chi connectivity index (χ4v) is 4.00. The first kappa shape index (κ1) is 24.9. The number of pyridine rings is 1. The molecule has 0 radical (unpaired) electrons. The van der Waals surface area contributed by atoms with E-state index in [-0.39, 0.29) is 24.7 Å². The smallest absolute Gasteiger partial charge is 0.306 e. The molecule has 36 heavy (non-hydrogen) atoms. The number of nitrogens with one attached hydrogen (secondary N) is 1. The number of fused-ring (bicyclic) bond motifs is 1. The van der Waals surface area contributed by atoms with Crippen LogP contribution in [0, 0.1) is 13.8 Å². The van der Waals surface area contributed by atoms with E-state index in [0.29, 0.717) is 30.0 Å². The standard InChI is InChI=1S/C28H30N4O4/c1-5-36-27(34)15-14-26(33)31-24-16-25-28(29-18(24)2)32(19(3)30-25)17-20-6-8-21(9-7-20)22-10-12-23(35-4)13-11-22/h6-13,16H,5,14-15,17H2,1-4H3,(H,31,33). The van der Waals surface area contributed by atoms with E-state index in [1.54, 1.807) is 14.0 Å². The minimum absolute atomic E-state index is 0.0411. The Kier molecular flexibility index (Phi) is 7.63. The van der Waals surface area contributed by atoms with Crippen LogP contribution in [0.1, 0.15) is 36.8 Å². The van der Waals surface area contributed by atoms with Gasteiger partial charge < -0.3 is 19.4 Å². The Morgan fingerprint density at radius 1 is 0.944 bits per heavy atom. The average molecular weight is 487 g/mol. The van der Waals surface area contributed by atoms with Crippen LogP contribution in [-0.2, 0) is 20.9 Å². The number of aryl methyl sites for hydroxylation is 2. The van der Waals surface area contributed by atoms with Crippen molar-refractivity contribution in [2.24, 2.45) is 0 Å². The maximum Gasteiger partial charge on any atom is 0.306 e. The number of ether oxygens (including phenoxy) is 2. The first-order valence-electron chi connectivity index (χ1n) is 11.9. The van der Waals surface area contributed by atoms with Crippen LogP contribution in [0.3, 0.4) is 0 Å². The van der Waals surface area contributed by atoms with Gasteiger partial charge in [0, 0.05) is 6.42 Å². The van der Waals surface area contributed by atoms with Gasteiger partial charge in [-0.15, -0.1) is 0 Å². The van der Waals surface area contributed by atoms with Crippen LogP contribution >= 0.6 is 0 Å². The van der Waals surface area contributed by atoms with E-state index in [0.717, 1.165) is 33.9 Å². The Morgan fingerprint density at radius 2 is 1.61 bits per heavy atom. The van der Waals surface area contributed by atoms with E-state index < -0.39 is 0 Å². The summed E-state index contributed by atoms with van der Waals surface area (Å²) in [4.78, 5) is 33.2. The van der Waals surface area contributed by atoms with Crippen LogP contribution in [0.25, 0.3) is 22.3 Å². The Hall–Kier alpha value is -4.20. The number of anilines is 1. The van der Waals surface area contributed by atoms with Crippen LogP contribution in [0.5, 0.6) is 5.75 Å². The third-order valence-corrected chi connectivity index (χ3v) is 5.96. The van der Waals surface area contributed by atoms with Crippen molar-refractivity contribution >= 4 is 28.7 Å². The normalized spacial score (nSPS) is 10.9. The van der Waals surface area contributed by atoms with Gasteiger partial charge in [0.05, 0.1) is 38.1 Å². The van der Waals surface area contributed by atoms with Crippen LogP contribution < -0.4 is 10.1 Å². The number of rotatable bonds is 9. The van der Waals surface area contributed by atoms with E-state index >= 15 is 0 Å². The quantitative estimate of drug-likeness (QED) is 0.333. The Balaban J connectivity index is 1.49. The lowest BCUT2D eigenvalue weighted by Gasteiger charge is -2.10. The number of hydrogen-bond acceptors (Lipinski definition) is 6. The lowest BCUT2D eigenvalue weighted by atomic mass is 10.0. The van der Waals surface area contributed by atoms with Crippen molar-refractivity contribution in [2.45, 2.75) is 40.2 Å². The zero-order valence-corrected chi connectivity index (χ0v) is 21.0. The number of carbonyl (C=O) groups is 2. The summed E-state index contributed by atoms with van der Waals surface area (Å²) in [5.41, 5.74) is 6.12. The van der Waals surface area contributed by atoms with Crippen molar-refractivity contribution in [1.29, 1.82) is 0 Å². The van der Waals surface area contributed by atoms with E-state index in [1.165, 1.54) is 0 Å². The van der Waals surface area contributed by atoms with E-state index in [1.807, 2.05) is 44.2 Å². The summed E-state index contributed by atoms with van der Waals surface area (Å²) < 4.78 is 12.2. The van der Waals surface area contributed by atoms with Crippen molar-refractivity contribution in [3.05, 3.63) is 71.7 Å². The molecule has 4 aromatic rings. The van der Waals surface area contributed by atoms with Gasteiger partial charge in [-0.25, -0.2) is 9.97 Å². The third-order valence-electron chi connectivity index (χ3n) is 5.96. The van der Waals surface area contributed by atoms with Gasteiger partial charge in [-0.2, -0.15) is 0 Å². The molecular formula is C28H30N4O4. The summed E-state index contributed by atoms with van der Waals surface area (Å²) in [6.45, 7) is 6.45. The molecular weight excluding hydrogens is 456 g/mol. The summed E-state index contributed by atoms with van der Waals surface area (Å²) in [6, 6.07) is 18.2. The Morgan fingerprint density at radius 3 is 2.25 bits per heavy atom. The molecule has 0 atom stereocenters. The van der Waals surface area contributed by atoms with Gasteiger partial charge in [-0.3, -0.25) is 9.59 Å². The molecule has 2 aromatic carbocycles. The van der Waals surface area contributed by atoms with Gasteiger partial charge in [0.15, 0.2) is 5.65 Å². The molecule has 0 aliphatic carbocycles. The molecule has 8 heteroatoms. The molecule has 2 aromatic heterocycles. The monoisotopic (exact) mass is 486 g/mol. The minimum Gasteiger partial charge on any atom is -0.497 e. The summed E-state index contributed by atoms with van der Waals surface area (Å²) in [5, 5.41) is 2.84. The van der Waals surface area contributed by atoms with Gasteiger partial charge in [0.2, 0.25) is 5.91 Å². The molecule has 0 spiro atoms. The molecule has 8 nitrogen and oxygen atoms in total. The number of nitrogens with zero attached hydrogens (tertiary/aromatic N) is 3. The second kappa shape index (κ2) is 11.0. The highest BCUT2D eigenvalue weighted by atomic mass is 16.5. The highest BCUT2D eigenvalue weighted by molar-refractivity contribution is 5.94. The molecule has 0 aliphatic heterocycles. The largest absolute Gasteiger partial charge is 0.497 e. The molecule has 0 unspecified atom stereocenters. The number of hydrogen-bond donors (Lipinski definition) is 1. The van der Waals surface area contributed by atoms with Crippen molar-refractivity contribution in [2.75, 3.05) is 19.0 Å². The van der Waals surface area contributed by atoms with Crippen molar-refractivity contribution in [3.8, 4) is 16.9 Å². The molecule has 0 aliphatic rings. The van der Waals surface area contributed by atoms with E-state index in [2.05, 4.69) is 39.1 Å². The lowest BCUT2D eigenvalue weighted by Crippen LogP contribution is -2.15. The van der Waals surface area contributed by atoms with Crippen LogP contribution in [0.4, 0.5) is 5.69 Å². The number of esters is 1. The first-order chi connectivity index (χ1) is 17.4. The predicted octanol–water partition coefficient (Wildman–Crippen LogP) is 5.05. The second-order valence-corrected chi connectivity index (χ2v) is 8.49. The van der Waals surface area contributed by atoms with Gasteiger partial charge in [0.25, 0.3) is 0 Å². The highest BCUT2D eigenvalue weighted by Crippen LogP contribution is 2.25.